The summed E-state index contributed by atoms with van der Waals surface area (Å²) in [6, 6.07) is 12.8. The molecule has 10 heteroatoms. The lowest BCUT2D eigenvalue weighted by Gasteiger charge is -2.38. The van der Waals surface area contributed by atoms with Crippen LogP contribution >= 0.6 is 37.4 Å². The molecule has 2 aromatic rings. The predicted molar refractivity (Wildman–Crippen MR) is 134 cm³/mol. The predicted octanol–water partition coefficient (Wildman–Crippen LogP) is 1.92. The number of aromatic nitrogens is 2. The van der Waals surface area contributed by atoms with E-state index in [-0.39, 0.29) is 36.8 Å². The molecule has 2 atom stereocenters. The Morgan fingerprint density at radius 3 is 2.58 bits per heavy atom. The van der Waals surface area contributed by atoms with Crippen molar-refractivity contribution in [2.45, 2.75) is 25.4 Å². The van der Waals surface area contributed by atoms with E-state index in [9.17, 15) is 4.79 Å². The van der Waals surface area contributed by atoms with E-state index in [1.807, 2.05) is 29.8 Å². The van der Waals surface area contributed by atoms with Gasteiger partial charge in [-0.2, -0.15) is 17.7 Å². The molecule has 172 valence electrons. The van der Waals surface area contributed by atoms with Gasteiger partial charge in [0.2, 0.25) is 5.91 Å². The third-order valence-corrected chi connectivity index (χ3v) is 6.03. The first-order chi connectivity index (χ1) is 14.2. The van der Waals surface area contributed by atoms with Gasteiger partial charge in [0.05, 0.1) is 17.4 Å². The van der Waals surface area contributed by atoms with Gasteiger partial charge in [0.1, 0.15) is 5.82 Å². The summed E-state index contributed by atoms with van der Waals surface area (Å²) in [5, 5.41) is 11.0. The summed E-state index contributed by atoms with van der Waals surface area (Å²) in [7, 11) is 0. The molecule has 3 heterocycles. The average molecular weight is 488 g/mol. The molecule has 4 rings (SSSR count). The lowest BCUT2D eigenvalue weighted by atomic mass is 10.1. The van der Waals surface area contributed by atoms with Crippen molar-refractivity contribution in [3.05, 3.63) is 42.1 Å². The van der Waals surface area contributed by atoms with Crippen LogP contribution < -0.4 is 15.5 Å². The topological polar surface area (TPSA) is 65.4 Å². The Hall–Kier alpha value is -1.45. The van der Waals surface area contributed by atoms with Crippen LogP contribution in [0.1, 0.15) is 12.1 Å². The van der Waals surface area contributed by atoms with Gasteiger partial charge in [0.25, 0.3) is 0 Å². The second kappa shape index (κ2) is 12.0. The Balaban J connectivity index is 0.00000171. The molecule has 2 saturated heterocycles. The molecule has 7 nitrogen and oxygen atoms in total. The van der Waals surface area contributed by atoms with Gasteiger partial charge in [-0.3, -0.25) is 9.69 Å². The zero-order chi connectivity index (χ0) is 20.2. The number of anilines is 1. The fourth-order valence-electron chi connectivity index (χ4n) is 4.28. The van der Waals surface area contributed by atoms with Gasteiger partial charge in [-0.15, -0.1) is 24.8 Å². The Labute approximate surface area is 202 Å². The summed E-state index contributed by atoms with van der Waals surface area (Å²) in [5.74, 6) is 1.92. The molecule has 0 saturated carbocycles. The van der Waals surface area contributed by atoms with Gasteiger partial charge in [-0.1, -0.05) is 18.2 Å². The Morgan fingerprint density at radius 2 is 1.90 bits per heavy atom. The lowest BCUT2D eigenvalue weighted by Crippen LogP contribution is -2.51. The van der Waals surface area contributed by atoms with Crippen molar-refractivity contribution in [1.82, 2.24) is 25.3 Å². The zero-order valence-electron chi connectivity index (χ0n) is 17.7. The molecular formula is C21H32Cl2N6OS. The highest BCUT2D eigenvalue weighted by Crippen LogP contribution is 2.24. The molecule has 1 aromatic heterocycles. The molecule has 0 aliphatic carbocycles. The third-order valence-electron chi connectivity index (χ3n) is 5.80. The number of amides is 1. The summed E-state index contributed by atoms with van der Waals surface area (Å²) in [6.45, 7) is 7.46. The smallest absolute Gasteiger partial charge is 0.237 e. The normalized spacial score (nSPS) is 21.3. The molecule has 2 aliphatic rings. The highest BCUT2D eigenvalue weighted by molar-refractivity contribution is 7.80. The second-order valence-electron chi connectivity index (χ2n) is 7.78. The van der Waals surface area contributed by atoms with E-state index in [1.54, 1.807) is 0 Å². The van der Waals surface area contributed by atoms with Gasteiger partial charge in [-0.05, 0) is 25.5 Å². The molecule has 2 N–H and O–H groups in total. The van der Waals surface area contributed by atoms with Crippen LogP contribution in [0, 0.1) is 6.92 Å². The Morgan fingerprint density at radius 1 is 1.19 bits per heavy atom. The first-order valence-corrected chi connectivity index (χ1v) is 11.0. The summed E-state index contributed by atoms with van der Waals surface area (Å²) in [6.07, 6.45) is 0.874. The number of carbonyl (C=O) groups excluding carboxylic acids is 1. The van der Waals surface area contributed by atoms with Crippen LogP contribution in [0.3, 0.4) is 0 Å². The lowest BCUT2D eigenvalue weighted by molar-refractivity contribution is -0.122. The minimum absolute atomic E-state index is 0. The number of rotatable bonds is 6. The molecule has 31 heavy (non-hydrogen) atoms. The molecule has 0 radical (unpaired) electrons. The summed E-state index contributed by atoms with van der Waals surface area (Å²) in [4.78, 5) is 17.1. The number of halogens is 2. The SMILES string of the molecule is Cc1cc(N2CCN([C@@H]3CN[C@H](C(=O)NCCS)C3)CC2)n(-c2ccccc2)n1.Cl.Cl. The molecule has 0 unspecified atom stereocenters. The van der Waals surface area contributed by atoms with Crippen LogP contribution in [0.4, 0.5) is 5.82 Å². The number of hydrogen-bond acceptors (Lipinski definition) is 6. The summed E-state index contributed by atoms with van der Waals surface area (Å²) in [5.41, 5.74) is 2.12. The van der Waals surface area contributed by atoms with Gasteiger partial charge >= 0.3 is 0 Å². The highest BCUT2D eigenvalue weighted by atomic mass is 35.5. The maximum atomic E-state index is 12.2. The number of nitrogens with zero attached hydrogens (tertiary/aromatic N) is 4. The molecule has 1 amide bonds. The highest BCUT2D eigenvalue weighted by Gasteiger charge is 2.34. The number of benzene rings is 1. The monoisotopic (exact) mass is 486 g/mol. The summed E-state index contributed by atoms with van der Waals surface area (Å²) >= 11 is 4.15. The molecule has 2 aliphatic heterocycles. The number of aryl methyl sites for hydroxylation is 1. The van der Waals surface area contributed by atoms with Gasteiger partial charge in [0, 0.05) is 57.1 Å². The van der Waals surface area contributed by atoms with E-state index in [0.29, 0.717) is 18.3 Å². The van der Waals surface area contributed by atoms with Crippen molar-refractivity contribution in [2.24, 2.45) is 0 Å². The second-order valence-corrected chi connectivity index (χ2v) is 8.23. The van der Waals surface area contributed by atoms with Crippen LogP contribution in [0.2, 0.25) is 0 Å². The third kappa shape index (κ3) is 6.08. The largest absolute Gasteiger partial charge is 0.354 e. The van der Waals surface area contributed by atoms with E-state index in [0.717, 1.165) is 56.3 Å². The van der Waals surface area contributed by atoms with E-state index in [4.69, 9.17) is 5.10 Å². The fraction of sp³-hybridized carbons (Fsp3) is 0.524. The van der Waals surface area contributed by atoms with Crippen molar-refractivity contribution in [3.8, 4) is 5.69 Å². The van der Waals surface area contributed by atoms with Crippen molar-refractivity contribution in [1.29, 1.82) is 0 Å². The standard InChI is InChI=1S/C21H30N6OS.2ClH/c1-16-13-20(27(24-16)17-5-3-2-4-6-17)26-10-8-25(9-11-26)18-14-19(23-15-18)21(28)22-7-12-29;;/h2-6,13,18-19,23,29H,7-12,14-15H2,1H3,(H,22,28);2*1H/t18-,19-;;/m0../s1. The van der Waals surface area contributed by atoms with Gasteiger partial charge in [-0.25, -0.2) is 4.68 Å². The molecule has 1 aromatic carbocycles. The van der Waals surface area contributed by atoms with Crippen molar-refractivity contribution >= 4 is 49.2 Å². The van der Waals surface area contributed by atoms with Crippen molar-refractivity contribution in [2.75, 3.05) is 49.9 Å². The van der Waals surface area contributed by atoms with Crippen LogP contribution in [-0.2, 0) is 4.79 Å². The van der Waals surface area contributed by atoms with E-state index in [1.165, 1.54) is 0 Å². The first kappa shape index (κ1) is 25.8. The van der Waals surface area contributed by atoms with E-state index < -0.39 is 0 Å². The van der Waals surface area contributed by atoms with Crippen LogP contribution in [0.15, 0.2) is 36.4 Å². The number of nitrogens with one attached hydrogen (secondary N) is 2. The average Bonchev–Trinajstić information content (AvgIpc) is 3.40. The first-order valence-electron chi connectivity index (χ1n) is 10.4. The quantitative estimate of drug-likeness (QED) is 0.544. The van der Waals surface area contributed by atoms with Crippen LogP contribution in [0.5, 0.6) is 0 Å². The molecule has 0 spiro atoms. The van der Waals surface area contributed by atoms with Crippen LogP contribution in [-0.4, -0.2) is 77.7 Å². The minimum Gasteiger partial charge on any atom is -0.354 e. The molecule has 2 fully saturated rings. The maximum absolute atomic E-state index is 12.2. The van der Waals surface area contributed by atoms with Gasteiger partial charge < -0.3 is 15.5 Å². The maximum Gasteiger partial charge on any atom is 0.237 e. The fourth-order valence-corrected chi connectivity index (χ4v) is 4.40. The zero-order valence-corrected chi connectivity index (χ0v) is 20.3. The Bertz CT molecular complexity index is 829. The Kier molecular flexibility index (Phi) is 9.96. The number of thiol groups is 1. The number of carbonyl (C=O) groups is 1. The summed E-state index contributed by atoms with van der Waals surface area (Å²) < 4.78 is 2.05. The van der Waals surface area contributed by atoms with Crippen LogP contribution in [0.25, 0.3) is 5.69 Å². The van der Waals surface area contributed by atoms with E-state index >= 15 is 0 Å². The number of para-hydroxylation sites is 1. The van der Waals surface area contributed by atoms with Crippen molar-refractivity contribution in [3.63, 3.8) is 0 Å². The van der Waals surface area contributed by atoms with Gasteiger partial charge in [0.15, 0.2) is 0 Å². The number of hydrogen-bond donors (Lipinski definition) is 3. The van der Waals surface area contributed by atoms with E-state index in [2.05, 4.69) is 51.3 Å². The van der Waals surface area contributed by atoms with Crippen molar-refractivity contribution < 1.29 is 4.79 Å². The minimum atomic E-state index is -0.0833. The molecule has 0 bridgehead atoms. The molecular weight excluding hydrogens is 455 g/mol. The number of piperazine rings is 1.